The van der Waals surface area contributed by atoms with Crippen LogP contribution in [0.15, 0.2) is 47.4 Å². The molecule has 3 nitrogen and oxygen atoms in total. The fourth-order valence-electron chi connectivity index (χ4n) is 2.29. The summed E-state index contributed by atoms with van der Waals surface area (Å²) in [6, 6.07) is 13.8. The maximum Gasteiger partial charge on any atom is 0.257 e. The summed E-state index contributed by atoms with van der Waals surface area (Å²) in [7, 11) is 0. The molecule has 5 heteroatoms. The summed E-state index contributed by atoms with van der Waals surface area (Å²) in [5.41, 5.74) is 2.73. The van der Waals surface area contributed by atoms with E-state index in [1.807, 2.05) is 49.4 Å². The van der Waals surface area contributed by atoms with Gasteiger partial charge in [-0.3, -0.25) is 10.1 Å². The lowest BCUT2D eigenvalue weighted by Gasteiger charge is -2.07. The maximum atomic E-state index is 12.5. The second-order valence-electron chi connectivity index (χ2n) is 5.59. The number of anilines is 1. The van der Waals surface area contributed by atoms with Crippen molar-refractivity contribution in [2.24, 2.45) is 0 Å². The molecule has 0 saturated heterocycles. The van der Waals surface area contributed by atoms with E-state index in [1.165, 1.54) is 11.3 Å². The molecule has 1 heterocycles. The standard InChI is InChI=1S/C18H18N2OS2/c1-11(2)22-14-8-5-7-13(10-14)17(21)20-18-19-16-12(3)6-4-9-15(16)23-18/h4-11H,1-3H3,(H,19,20,21). The minimum Gasteiger partial charge on any atom is -0.298 e. The number of aryl methyl sites for hydroxylation is 1. The number of benzene rings is 2. The lowest BCUT2D eigenvalue weighted by atomic mass is 10.2. The fraction of sp³-hybridized carbons (Fsp3) is 0.222. The summed E-state index contributed by atoms with van der Waals surface area (Å²) in [5.74, 6) is -0.118. The number of carbonyl (C=O) groups is 1. The van der Waals surface area contributed by atoms with Crippen molar-refractivity contribution in [3.8, 4) is 0 Å². The number of thiazole rings is 1. The topological polar surface area (TPSA) is 42.0 Å². The van der Waals surface area contributed by atoms with Crippen molar-refractivity contribution in [1.82, 2.24) is 4.98 Å². The number of carbonyl (C=O) groups excluding carboxylic acids is 1. The average molecular weight is 342 g/mol. The van der Waals surface area contributed by atoms with Gasteiger partial charge in [0, 0.05) is 15.7 Å². The van der Waals surface area contributed by atoms with E-state index >= 15 is 0 Å². The number of nitrogens with zero attached hydrogens (tertiary/aromatic N) is 1. The van der Waals surface area contributed by atoms with Crippen LogP contribution in [0.2, 0.25) is 0 Å². The van der Waals surface area contributed by atoms with E-state index in [1.54, 1.807) is 11.8 Å². The van der Waals surface area contributed by atoms with E-state index in [-0.39, 0.29) is 5.91 Å². The first kappa shape index (κ1) is 16.0. The monoisotopic (exact) mass is 342 g/mol. The third-order valence-corrected chi connectivity index (χ3v) is 5.24. The molecule has 0 spiro atoms. The predicted molar refractivity (Wildman–Crippen MR) is 99.7 cm³/mol. The number of hydrogen-bond donors (Lipinski definition) is 1. The molecule has 0 atom stereocenters. The maximum absolute atomic E-state index is 12.5. The number of para-hydroxylation sites is 1. The van der Waals surface area contributed by atoms with E-state index < -0.39 is 0 Å². The molecule has 118 valence electrons. The molecule has 0 aliphatic heterocycles. The molecule has 3 rings (SSSR count). The molecule has 2 aromatic carbocycles. The van der Waals surface area contributed by atoms with Crippen molar-refractivity contribution < 1.29 is 4.79 Å². The van der Waals surface area contributed by atoms with Gasteiger partial charge < -0.3 is 0 Å². The van der Waals surface area contributed by atoms with Gasteiger partial charge >= 0.3 is 0 Å². The van der Waals surface area contributed by atoms with Crippen LogP contribution in [-0.4, -0.2) is 16.1 Å². The van der Waals surface area contributed by atoms with E-state index in [4.69, 9.17) is 0 Å². The Labute approximate surface area is 144 Å². The molecule has 0 aliphatic rings. The first-order chi connectivity index (χ1) is 11.0. The number of fused-ring (bicyclic) bond motifs is 1. The van der Waals surface area contributed by atoms with Gasteiger partial charge in [-0.2, -0.15) is 0 Å². The van der Waals surface area contributed by atoms with E-state index in [0.717, 1.165) is 20.7 Å². The minimum absolute atomic E-state index is 0.118. The molecule has 1 amide bonds. The Morgan fingerprint density at radius 1 is 1.22 bits per heavy atom. The fourth-order valence-corrected chi connectivity index (χ4v) is 4.13. The lowest BCUT2D eigenvalue weighted by Crippen LogP contribution is -2.11. The van der Waals surface area contributed by atoms with Gasteiger partial charge in [0.15, 0.2) is 5.13 Å². The van der Waals surface area contributed by atoms with Gasteiger partial charge in [-0.05, 0) is 36.8 Å². The Hall–Kier alpha value is -1.85. The molecule has 0 bridgehead atoms. The number of hydrogen-bond acceptors (Lipinski definition) is 4. The smallest absolute Gasteiger partial charge is 0.257 e. The van der Waals surface area contributed by atoms with Gasteiger partial charge in [0.05, 0.1) is 10.2 Å². The second-order valence-corrected chi connectivity index (χ2v) is 8.27. The van der Waals surface area contributed by atoms with Crippen LogP contribution in [0.5, 0.6) is 0 Å². The zero-order chi connectivity index (χ0) is 16.4. The zero-order valence-corrected chi connectivity index (χ0v) is 14.9. The SMILES string of the molecule is Cc1cccc2sc(NC(=O)c3cccc(SC(C)C)c3)nc12. The van der Waals surface area contributed by atoms with Crippen molar-refractivity contribution in [1.29, 1.82) is 0 Å². The van der Waals surface area contributed by atoms with E-state index in [0.29, 0.717) is 15.9 Å². The summed E-state index contributed by atoms with van der Waals surface area (Å²) in [5, 5.41) is 4.04. The molecule has 0 aliphatic carbocycles. The summed E-state index contributed by atoms with van der Waals surface area (Å²) < 4.78 is 1.09. The minimum atomic E-state index is -0.118. The number of aromatic nitrogens is 1. The molecular weight excluding hydrogens is 324 g/mol. The Kier molecular flexibility index (Phi) is 4.68. The normalized spacial score (nSPS) is 11.1. The van der Waals surface area contributed by atoms with Crippen molar-refractivity contribution >= 4 is 44.4 Å². The highest BCUT2D eigenvalue weighted by Gasteiger charge is 2.11. The van der Waals surface area contributed by atoms with Gasteiger partial charge in [-0.15, -0.1) is 11.8 Å². The van der Waals surface area contributed by atoms with Gasteiger partial charge in [0.1, 0.15) is 0 Å². The third kappa shape index (κ3) is 3.74. The van der Waals surface area contributed by atoms with Crippen molar-refractivity contribution in [2.45, 2.75) is 30.9 Å². The van der Waals surface area contributed by atoms with Gasteiger partial charge in [0.25, 0.3) is 5.91 Å². The molecule has 0 unspecified atom stereocenters. The van der Waals surface area contributed by atoms with Crippen molar-refractivity contribution in [2.75, 3.05) is 5.32 Å². The summed E-state index contributed by atoms with van der Waals surface area (Å²) in [4.78, 5) is 18.1. The van der Waals surface area contributed by atoms with Crippen LogP contribution in [0.3, 0.4) is 0 Å². The van der Waals surface area contributed by atoms with Crippen LogP contribution in [-0.2, 0) is 0 Å². The van der Waals surface area contributed by atoms with E-state index in [2.05, 4.69) is 24.1 Å². The lowest BCUT2D eigenvalue weighted by molar-refractivity contribution is 0.102. The highest BCUT2D eigenvalue weighted by Crippen LogP contribution is 2.28. The third-order valence-electron chi connectivity index (χ3n) is 3.31. The second kappa shape index (κ2) is 6.72. The molecular formula is C18H18N2OS2. The van der Waals surface area contributed by atoms with Crippen LogP contribution in [0.1, 0.15) is 29.8 Å². The molecule has 0 fully saturated rings. The molecule has 0 saturated carbocycles. The first-order valence-corrected chi connectivity index (χ1v) is 9.17. The Balaban J connectivity index is 1.81. The van der Waals surface area contributed by atoms with Crippen LogP contribution in [0.25, 0.3) is 10.2 Å². The van der Waals surface area contributed by atoms with Crippen LogP contribution < -0.4 is 5.32 Å². The molecule has 1 N–H and O–H groups in total. The molecule has 3 aromatic rings. The number of nitrogens with one attached hydrogen (secondary N) is 1. The largest absolute Gasteiger partial charge is 0.298 e. The summed E-state index contributed by atoms with van der Waals surface area (Å²) in [6.45, 7) is 6.31. The number of rotatable bonds is 4. The van der Waals surface area contributed by atoms with Crippen LogP contribution in [0.4, 0.5) is 5.13 Å². The van der Waals surface area contributed by atoms with Gasteiger partial charge in [-0.25, -0.2) is 4.98 Å². The molecule has 1 aromatic heterocycles. The molecule has 23 heavy (non-hydrogen) atoms. The van der Waals surface area contributed by atoms with Gasteiger partial charge in [0.2, 0.25) is 0 Å². The molecule has 0 radical (unpaired) electrons. The Bertz CT molecular complexity index is 855. The van der Waals surface area contributed by atoms with E-state index in [9.17, 15) is 4.79 Å². The quantitative estimate of drug-likeness (QED) is 0.649. The Morgan fingerprint density at radius 2 is 2.00 bits per heavy atom. The predicted octanol–water partition coefficient (Wildman–Crippen LogP) is 5.36. The highest BCUT2D eigenvalue weighted by molar-refractivity contribution is 7.99. The van der Waals surface area contributed by atoms with Crippen LogP contribution in [0, 0.1) is 6.92 Å². The summed E-state index contributed by atoms with van der Waals surface area (Å²) >= 11 is 3.25. The zero-order valence-electron chi connectivity index (χ0n) is 13.3. The average Bonchev–Trinajstić information content (AvgIpc) is 2.91. The van der Waals surface area contributed by atoms with Crippen molar-refractivity contribution in [3.05, 3.63) is 53.6 Å². The Morgan fingerprint density at radius 3 is 2.74 bits per heavy atom. The first-order valence-electron chi connectivity index (χ1n) is 7.47. The van der Waals surface area contributed by atoms with Gasteiger partial charge in [-0.1, -0.05) is 43.4 Å². The number of thioether (sulfide) groups is 1. The van der Waals surface area contributed by atoms with Crippen LogP contribution >= 0.6 is 23.1 Å². The summed E-state index contributed by atoms with van der Waals surface area (Å²) in [6.07, 6.45) is 0. The highest BCUT2D eigenvalue weighted by atomic mass is 32.2. The number of amides is 1. The van der Waals surface area contributed by atoms with Crippen molar-refractivity contribution in [3.63, 3.8) is 0 Å².